The summed E-state index contributed by atoms with van der Waals surface area (Å²) >= 11 is 1.83. The molecule has 24 heavy (non-hydrogen) atoms. The van der Waals surface area contributed by atoms with Gasteiger partial charge in [0.15, 0.2) is 0 Å². The van der Waals surface area contributed by atoms with E-state index in [1.54, 1.807) is 35.7 Å². The zero-order valence-electron chi connectivity index (χ0n) is 13.5. The lowest BCUT2D eigenvalue weighted by molar-refractivity contribution is 0.0775. The molecule has 5 nitrogen and oxygen atoms in total. The SMILES string of the molecule is COc1ccc(S(=O)(=O)N2CC(N3CCc4sccc4C3)C2)cc1. The second kappa shape index (κ2) is 6.15. The number of fused-ring (bicyclic) bond motifs is 1. The molecule has 0 unspecified atom stereocenters. The van der Waals surface area contributed by atoms with E-state index < -0.39 is 10.0 Å². The molecule has 1 aromatic carbocycles. The highest BCUT2D eigenvalue weighted by atomic mass is 32.2. The van der Waals surface area contributed by atoms with Crippen LogP contribution in [0.5, 0.6) is 5.75 Å². The van der Waals surface area contributed by atoms with Crippen molar-refractivity contribution in [2.75, 3.05) is 26.7 Å². The van der Waals surface area contributed by atoms with Crippen molar-refractivity contribution in [3.8, 4) is 5.75 Å². The largest absolute Gasteiger partial charge is 0.497 e. The molecule has 0 saturated carbocycles. The van der Waals surface area contributed by atoms with Crippen molar-refractivity contribution in [1.29, 1.82) is 0 Å². The molecular formula is C17H20N2O3S2. The molecule has 2 aliphatic heterocycles. The summed E-state index contributed by atoms with van der Waals surface area (Å²) in [6.45, 7) is 3.12. The number of hydrogen-bond acceptors (Lipinski definition) is 5. The number of thiophene rings is 1. The van der Waals surface area contributed by atoms with E-state index in [-0.39, 0.29) is 0 Å². The molecule has 0 bridgehead atoms. The predicted octanol–water partition coefficient (Wildman–Crippen LogP) is 2.19. The Bertz CT molecular complexity index is 824. The number of rotatable bonds is 4. The molecule has 0 atom stereocenters. The molecule has 2 aliphatic rings. The quantitative estimate of drug-likeness (QED) is 0.834. The van der Waals surface area contributed by atoms with Crippen molar-refractivity contribution >= 4 is 21.4 Å². The Morgan fingerprint density at radius 1 is 1.17 bits per heavy atom. The first-order valence-electron chi connectivity index (χ1n) is 8.01. The second-order valence-corrected chi connectivity index (χ2v) is 9.18. The van der Waals surface area contributed by atoms with Gasteiger partial charge in [0.25, 0.3) is 0 Å². The lowest BCUT2D eigenvalue weighted by atomic mass is 10.0. The number of nitrogens with zero attached hydrogens (tertiary/aromatic N) is 2. The van der Waals surface area contributed by atoms with Gasteiger partial charge in [0.05, 0.1) is 12.0 Å². The molecule has 1 fully saturated rings. The summed E-state index contributed by atoms with van der Waals surface area (Å²) in [5.74, 6) is 0.662. The van der Waals surface area contributed by atoms with Crippen molar-refractivity contribution in [2.45, 2.75) is 23.9 Å². The van der Waals surface area contributed by atoms with Crippen LogP contribution in [0.3, 0.4) is 0 Å². The van der Waals surface area contributed by atoms with Gasteiger partial charge in [-0.3, -0.25) is 4.90 Å². The van der Waals surface area contributed by atoms with Crippen LogP contribution in [-0.2, 0) is 23.0 Å². The Labute approximate surface area is 146 Å². The monoisotopic (exact) mass is 364 g/mol. The Hall–Kier alpha value is -1.41. The Kier molecular flexibility index (Phi) is 4.12. The van der Waals surface area contributed by atoms with Crippen molar-refractivity contribution in [1.82, 2.24) is 9.21 Å². The number of methoxy groups -OCH3 is 1. The standard InChI is InChI=1S/C17H20N2O3S2/c1-22-15-2-4-16(5-3-15)24(20,21)19-11-14(12-19)18-8-6-17-13(10-18)7-9-23-17/h2-5,7,9,14H,6,8,10-12H2,1H3. The third-order valence-electron chi connectivity index (χ3n) is 4.88. The van der Waals surface area contributed by atoms with Gasteiger partial charge in [-0.05, 0) is 47.7 Å². The van der Waals surface area contributed by atoms with Crippen molar-refractivity contribution in [3.05, 3.63) is 46.2 Å². The molecule has 3 heterocycles. The maximum Gasteiger partial charge on any atom is 0.243 e. The molecule has 1 saturated heterocycles. The summed E-state index contributed by atoms with van der Waals surface area (Å²) in [5, 5.41) is 2.15. The summed E-state index contributed by atoms with van der Waals surface area (Å²) in [4.78, 5) is 4.23. The minimum atomic E-state index is -3.40. The van der Waals surface area contributed by atoms with Crippen LogP contribution in [-0.4, -0.2) is 50.4 Å². The van der Waals surface area contributed by atoms with Gasteiger partial charge in [0.2, 0.25) is 10.0 Å². The molecule has 2 aromatic rings. The molecule has 7 heteroatoms. The van der Waals surface area contributed by atoms with Gasteiger partial charge in [0, 0.05) is 37.1 Å². The molecular weight excluding hydrogens is 344 g/mol. The molecule has 0 spiro atoms. The minimum Gasteiger partial charge on any atom is -0.497 e. The molecule has 1 aromatic heterocycles. The van der Waals surface area contributed by atoms with E-state index in [0.717, 1.165) is 19.5 Å². The molecule has 0 N–H and O–H groups in total. The van der Waals surface area contributed by atoms with Gasteiger partial charge < -0.3 is 4.74 Å². The first-order valence-corrected chi connectivity index (χ1v) is 10.3. The maximum atomic E-state index is 12.7. The van der Waals surface area contributed by atoms with E-state index in [1.165, 1.54) is 10.4 Å². The van der Waals surface area contributed by atoms with Gasteiger partial charge in [-0.25, -0.2) is 8.42 Å². The Morgan fingerprint density at radius 3 is 2.62 bits per heavy atom. The van der Waals surface area contributed by atoms with Crippen LogP contribution in [0.1, 0.15) is 10.4 Å². The van der Waals surface area contributed by atoms with Crippen molar-refractivity contribution in [3.63, 3.8) is 0 Å². The summed E-state index contributed by atoms with van der Waals surface area (Å²) in [6, 6.07) is 9.11. The topological polar surface area (TPSA) is 49.9 Å². The lowest BCUT2D eigenvalue weighted by Gasteiger charge is -2.45. The van der Waals surface area contributed by atoms with Crippen LogP contribution in [0.2, 0.25) is 0 Å². The summed E-state index contributed by atoms with van der Waals surface area (Å²) in [6.07, 6.45) is 1.08. The average Bonchev–Trinajstić information content (AvgIpc) is 3.01. The van der Waals surface area contributed by atoms with Crippen LogP contribution in [0.25, 0.3) is 0 Å². The first-order chi connectivity index (χ1) is 11.6. The molecule has 0 radical (unpaired) electrons. The zero-order chi connectivity index (χ0) is 16.7. The normalized spacial score (nSPS) is 19.7. The second-order valence-electron chi connectivity index (χ2n) is 6.24. The first kappa shape index (κ1) is 16.1. The van der Waals surface area contributed by atoms with Crippen LogP contribution in [0, 0.1) is 0 Å². The average molecular weight is 364 g/mol. The highest BCUT2D eigenvalue weighted by molar-refractivity contribution is 7.89. The van der Waals surface area contributed by atoms with Gasteiger partial charge >= 0.3 is 0 Å². The summed E-state index contributed by atoms with van der Waals surface area (Å²) < 4.78 is 32.0. The maximum absolute atomic E-state index is 12.7. The molecule has 0 aliphatic carbocycles. The predicted molar refractivity (Wildman–Crippen MR) is 94.0 cm³/mol. The van der Waals surface area contributed by atoms with Gasteiger partial charge in [-0.2, -0.15) is 4.31 Å². The Balaban J connectivity index is 1.41. The van der Waals surface area contributed by atoms with E-state index in [2.05, 4.69) is 16.3 Å². The summed E-state index contributed by atoms with van der Waals surface area (Å²) in [7, 11) is -1.82. The van der Waals surface area contributed by atoms with Crippen molar-refractivity contribution in [2.24, 2.45) is 0 Å². The van der Waals surface area contributed by atoms with Gasteiger partial charge in [-0.15, -0.1) is 11.3 Å². The lowest BCUT2D eigenvalue weighted by Crippen LogP contribution is -2.61. The van der Waals surface area contributed by atoms with E-state index in [0.29, 0.717) is 29.8 Å². The highest BCUT2D eigenvalue weighted by Crippen LogP contribution is 2.30. The fourth-order valence-corrected chi connectivity index (χ4v) is 5.73. The number of ether oxygens (including phenoxy) is 1. The zero-order valence-corrected chi connectivity index (χ0v) is 15.1. The third kappa shape index (κ3) is 2.75. The van der Waals surface area contributed by atoms with Gasteiger partial charge in [0.1, 0.15) is 5.75 Å². The molecule has 128 valence electrons. The Morgan fingerprint density at radius 2 is 1.92 bits per heavy atom. The van der Waals surface area contributed by atoms with Crippen LogP contribution >= 0.6 is 11.3 Å². The van der Waals surface area contributed by atoms with E-state index >= 15 is 0 Å². The van der Waals surface area contributed by atoms with E-state index in [1.807, 2.05) is 11.3 Å². The van der Waals surface area contributed by atoms with E-state index in [9.17, 15) is 8.42 Å². The van der Waals surface area contributed by atoms with Gasteiger partial charge in [-0.1, -0.05) is 0 Å². The minimum absolute atomic E-state index is 0.325. The van der Waals surface area contributed by atoms with E-state index in [4.69, 9.17) is 4.74 Å². The molecule has 0 amide bonds. The highest BCUT2D eigenvalue weighted by Gasteiger charge is 2.40. The fraction of sp³-hybridized carbons (Fsp3) is 0.412. The van der Waals surface area contributed by atoms with Crippen LogP contribution in [0.15, 0.2) is 40.6 Å². The number of sulfonamides is 1. The van der Waals surface area contributed by atoms with Crippen LogP contribution in [0.4, 0.5) is 0 Å². The molecule has 4 rings (SSSR count). The third-order valence-corrected chi connectivity index (χ3v) is 7.75. The number of hydrogen-bond donors (Lipinski definition) is 0. The van der Waals surface area contributed by atoms with Crippen LogP contribution < -0.4 is 4.74 Å². The summed E-state index contributed by atoms with van der Waals surface area (Å²) in [5.41, 5.74) is 1.41. The van der Waals surface area contributed by atoms with Crippen molar-refractivity contribution < 1.29 is 13.2 Å². The fourth-order valence-electron chi connectivity index (χ4n) is 3.32. The number of benzene rings is 1. The smallest absolute Gasteiger partial charge is 0.243 e.